The van der Waals surface area contributed by atoms with Crippen molar-refractivity contribution in [1.29, 1.82) is 0 Å². The van der Waals surface area contributed by atoms with E-state index < -0.39 is 9.84 Å². The van der Waals surface area contributed by atoms with E-state index in [2.05, 4.69) is 28.7 Å². The summed E-state index contributed by atoms with van der Waals surface area (Å²) in [4.78, 5) is 11.3. The van der Waals surface area contributed by atoms with Gasteiger partial charge < -0.3 is 14.4 Å². The molecule has 2 aliphatic heterocycles. The van der Waals surface area contributed by atoms with Gasteiger partial charge in [0.05, 0.1) is 17.1 Å². The van der Waals surface area contributed by atoms with Gasteiger partial charge in [0.15, 0.2) is 9.84 Å². The maximum Gasteiger partial charge on any atom is 0.218 e. The van der Waals surface area contributed by atoms with Gasteiger partial charge in [-0.15, -0.1) is 0 Å². The van der Waals surface area contributed by atoms with Crippen LogP contribution in [-0.4, -0.2) is 49.5 Å². The topological polar surface area (TPSA) is 81.6 Å². The molecule has 1 saturated heterocycles. The number of ether oxygens (including phenoxy) is 2. The second-order valence-corrected chi connectivity index (χ2v) is 12.2. The standard InChI is InChI=1S/C24H31N3O4S/c1-23(2)14-24(15-30-23)9-6-18(7-10-24)31-22-13-21(25-16-26-22)27-11-8-17-12-19(32(3,28)29)4-5-20(17)27/h4-5,12-13,16,18H,6-11,14-15H2,1-3H3. The van der Waals surface area contributed by atoms with Crippen molar-refractivity contribution in [2.45, 2.75) is 69.0 Å². The summed E-state index contributed by atoms with van der Waals surface area (Å²) in [5, 5.41) is 0. The first-order valence-electron chi connectivity index (χ1n) is 11.4. The van der Waals surface area contributed by atoms with Gasteiger partial charge in [0.1, 0.15) is 18.2 Å². The van der Waals surface area contributed by atoms with E-state index in [1.54, 1.807) is 18.5 Å². The molecule has 0 amide bonds. The lowest BCUT2D eigenvalue weighted by molar-refractivity contribution is 0.0228. The molecule has 1 aromatic heterocycles. The van der Waals surface area contributed by atoms with E-state index in [-0.39, 0.29) is 11.7 Å². The summed E-state index contributed by atoms with van der Waals surface area (Å²) in [6, 6.07) is 7.20. The lowest BCUT2D eigenvalue weighted by Gasteiger charge is -2.36. The summed E-state index contributed by atoms with van der Waals surface area (Å²) in [6.45, 7) is 5.98. The Morgan fingerprint density at radius 3 is 2.62 bits per heavy atom. The van der Waals surface area contributed by atoms with Gasteiger partial charge in [-0.2, -0.15) is 0 Å². The number of hydrogen-bond acceptors (Lipinski definition) is 7. The molecule has 2 aromatic rings. The zero-order valence-corrected chi connectivity index (χ0v) is 19.8. The Morgan fingerprint density at radius 1 is 1.16 bits per heavy atom. The Kier molecular flexibility index (Phi) is 5.21. The van der Waals surface area contributed by atoms with Crippen molar-refractivity contribution in [3.05, 3.63) is 36.2 Å². The molecule has 172 valence electrons. The van der Waals surface area contributed by atoms with Gasteiger partial charge in [0, 0.05) is 24.6 Å². The van der Waals surface area contributed by atoms with E-state index in [9.17, 15) is 8.42 Å². The van der Waals surface area contributed by atoms with E-state index in [0.717, 1.165) is 68.7 Å². The highest BCUT2D eigenvalue weighted by atomic mass is 32.2. The minimum atomic E-state index is -3.22. The largest absolute Gasteiger partial charge is 0.474 e. The van der Waals surface area contributed by atoms with Gasteiger partial charge in [-0.05, 0) is 81.5 Å². The number of anilines is 2. The van der Waals surface area contributed by atoms with Crippen molar-refractivity contribution >= 4 is 21.3 Å². The maximum atomic E-state index is 11.9. The summed E-state index contributed by atoms with van der Waals surface area (Å²) in [5.41, 5.74) is 2.31. The lowest BCUT2D eigenvalue weighted by atomic mass is 9.70. The molecule has 8 heteroatoms. The van der Waals surface area contributed by atoms with Gasteiger partial charge in [-0.25, -0.2) is 18.4 Å². The third kappa shape index (κ3) is 4.22. The van der Waals surface area contributed by atoms with Crippen LogP contribution in [0.15, 0.2) is 35.5 Å². The Labute approximate surface area is 190 Å². The fourth-order valence-electron chi connectivity index (χ4n) is 5.56. The molecule has 1 saturated carbocycles. The second kappa shape index (κ2) is 7.70. The Hall–Kier alpha value is -2.19. The van der Waals surface area contributed by atoms with E-state index in [0.29, 0.717) is 16.2 Å². The van der Waals surface area contributed by atoms with Crippen LogP contribution < -0.4 is 9.64 Å². The van der Waals surface area contributed by atoms with Crippen molar-refractivity contribution < 1.29 is 17.9 Å². The minimum Gasteiger partial charge on any atom is -0.474 e. The first-order chi connectivity index (χ1) is 15.1. The first-order valence-corrected chi connectivity index (χ1v) is 13.2. The number of benzene rings is 1. The predicted molar refractivity (Wildman–Crippen MR) is 122 cm³/mol. The van der Waals surface area contributed by atoms with Crippen LogP contribution in [0, 0.1) is 5.41 Å². The molecule has 0 N–H and O–H groups in total. The molecular formula is C24H31N3O4S. The molecule has 3 aliphatic rings. The highest BCUT2D eigenvalue weighted by Crippen LogP contribution is 2.49. The van der Waals surface area contributed by atoms with Gasteiger partial charge >= 0.3 is 0 Å². The lowest BCUT2D eigenvalue weighted by Crippen LogP contribution is -2.33. The summed E-state index contributed by atoms with van der Waals surface area (Å²) in [5.74, 6) is 1.37. The molecule has 2 fully saturated rings. The summed E-state index contributed by atoms with van der Waals surface area (Å²) in [6.07, 6.45) is 9.13. The number of aromatic nitrogens is 2. The molecule has 0 unspecified atom stereocenters. The van der Waals surface area contributed by atoms with Gasteiger partial charge in [-0.1, -0.05) is 0 Å². The smallest absolute Gasteiger partial charge is 0.218 e. The predicted octanol–water partition coefficient (Wildman–Crippen LogP) is 4.08. The maximum absolute atomic E-state index is 11.9. The van der Waals surface area contributed by atoms with Crippen LogP contribution in [0.5, 0.6) is 5.88 Å². The van der Waals surface area contributed by atoms with Gasteiger partial charge in [0.2, 0.25) is 5.88 Å². The molecule has 5 rings (SSSR count). The summed E-state index contributed by atoms with van der Waals surface area (Å²) >= 11 is 0. The average Bonchev–Trinajstić information content (AvgIpc) is 3.30. The monoisotopic (exact) mass is 457 g/mol. The minimum absolute atomic E-state index is 0.0106. The third-order valence-electron chi connectivity index (χ3n) is 7.13. The zero-order valence-electron chi connectivity index (χ0n) is 19.0. The molecule has 3 heterocycles. The zero-order chi connectivity index (χ0) is 22.6. The molecular weight excluding hydrogens is 426 g/mol. The molecule has 0 bridgehead atoms. The van der Waals surface area contributed by atoms with Crippen LogP contribution in [0.25, 0.3) is 0 Å². The Balaban J connectivity index is 1.27. The van der Waals surface area contributed by atoms with Crippen LogP contribution in [0.3, 0.4) is 0 Å². The van der Waals surface area contributed by atoms with Crippen LogP contribution in [-0.2, 0) is 21.0 Å². The van der Waals surface area contributed by atoms with E-state index in [1.807, 2.05) is 12.1 Å². The van der Waals surface area contributed by atoms with Crippen molar-refractivity contribution in [1.82, 2.24) is 9.97 Å². The summed E-state index contributed by atoms with van der Waals surface area (Å²) in [7, 11) is -3.22. The Bertz CT molecular complexity index is 1120. The quantitative estimate of drug-likeness (QED) is 0.684. The van der Waals surface area contributed by atoms with Crippen molar-refractivity contribution in [3.63, 3.8) is 0 Å². The number of fused-ring (bicyclic) bond motifs is 1. The van der Waals surface area contributed by atoms with Crippen LogP contribution in [0.2, 0.25) is 0 Å². The molecule has 1 aromatic carbocycles. The number of sulfone groups is 1. The molecule has 0 atom stereocenters. The van der Waals surface area contributed by atoms with Gasteiger partial charge in [0.25, 0.3) is 0 Å². The highest BCUT2D eigenvalue weighted by Gasteiger charge is 2.46. The SMILES string of the molecule is CC1(C)CC2(CCC(Oc3cc(N4CCc5cc(S(C)(=O)=O)ccc54)ncn3)CC2)CO1. The molecule has 1 spiro atoms. The molecule has 0 radical (unpaired) electrons. The van der Waals surface area contributed by atoms with Crippen LogP contribution in [0.4, 0.5) is 11.5 Å². The second-order valence-electron chi connectivity index (χ2n) is 10.2. The van der Waals surface area contributed by atoms with E-state index in [1.165, 1.54) is 6.26 Å². The molecule has 1 aliphatic carbocycles. The summed E-state index contributed by atoms with van der Waals surface area (Å²) < 4.78 is 36.0. The molecule has 32 heavy (non-hydrogen) atoms. The van der Waals surface area contributed by atoms with Crippen LogP contribution >= 0.6 is 0 Å². The first kappa shape index (κ1) is 21.6. The van der Waals surface area contributed by atoms with E-state index >= 15 is 0 Å². The number of hydrogen-bond donors (Lipinski definition) is 0. The average molecular weight is 458 g/mol. The normalized spacial score (nSPS) is 27.0. The molecule has 7 nitrogen and oxygen atoms in total. The van der Waals surface area contributed by atoms with Crippen molar-refractivity contribution in [2.24, 2.45) is 5.41 Å². The third-order valence-corrected chi connectivity index (χ3v) is 8.24. The van der Waals surface area contributed by atoms with Crippen LogP contribution in [0.1, 0.15) is 51.5 Å². The van der Waals surface area contributed by atoms with E-state index in [4.69, 9.17) is 9.47 Å². The fraction of sp³-hybridized carbons (Fsp3) is 0.583. The number of nitrogens with zero attached hydrogens (tertiary/aromatic N) is 3. The Morgan fingerprint density at radius 2 is 1.94 bits per heavy atom. The number of rotatable bonds is 4. The van der Waals surface area contributed by atoms with Gasteiger partial charge in [-0.3, -0.25) is 0 Å². The fourth-order valence-corrected chi connectivity index (χ4v) is 6.23. The van der Waals surface area contributed by atoms with Crippen molar-refractivity contribution in [3.8, 4) is 5.88 Å². The highest BCUT2D eigenvalue weighted by molar-refractivity contribution is 7.90. The van der Waals surface area contributed by atoms with Crippen molar-refractivity contribution in [2.75, 3.05) is 24.3 Å².